The summed E-state index contributed by atoms with van der Waals surface area (Å²) in [6, 6.07) is 4.91. The fraction of sp³-hybridized carbons (Fsp3) is 0.261. The molecule has 32 heavy (non-hydrogen) atoms. The lowest BCUT2D eigenvalue weighted by molar-refractivity contribution is -0.130. The molecular formula is C23H21ClF2N4O2. The number of nitrogens with zero attached hydrogens (tertiary/aromatic N) is 4. The zero-order chi connectivity index (χ0) is 23.2. The van der Waals surface area contributed by atoms with E-state index in [1.54, 1.807) is 4.90 Å². The maximum atomic E-state index is 15.6. The van der Waals surface area contributed by atoms with Crippen molar-refractivity contribution in [3.8, 4) is 16.9 Å². The number of carbonyl (C=O) groups is 1. The zero-order valence-corrected chi connectivity index (χ0v) is 18.3. The first-order chi connectivity index (χ1) is 15.2. The largest absolute Gasteiger partial charge is 0.507 e. The van der Waals surface area contributed by atoms with Gasteiger partial charge in [-0.15, -0.1) is 0 Å². The van der Waals surface area contributed by atoms with Gasteiger partial charge in [0, 0.05) is 36.1 Å². The van der Waals surface area contributed by atoms with Crippen LogP contribution in [-0.2, 0) is 4.79 Å². The Morgan fingerprint density at radius 2 is 1.91 bits per heavy atom. The van der Waals surface area contributed by atoms with Crippen LogP contribution in [0.3, 0.4) is 0 Å². The number of phenolic OH excluding ortho intramolecular Hbond substituents is 1. The number of halogens is 3. The van der Waals surface area contributed by atoms with E-state index in [2.05, 4.69) is 16.5 Å². The Hall–Kier alpha value is -3.26. The molecule has 9 heteroatoms. The molecule has 0 unspecified atom stereocenters. The van der Waals surface area contributed by atoms with Gasteiger partial charge in [-0.2, -0.15) is 0 Å². The lowest BCUT2D eigenvalue weighted by Crippen LogP contribution is -2.58. The van der Waals surface area contributed by atoms with E-state index in [-0.39, 0.29) is 39.7 Å². The molecule has 0 aliphatic carbocycles. The molecule has 1 aliphatic heterocycles. The monoisotopic (exact) mass is 458 g/mol. The van der Waals surface area contributed by atoms with Crippen molar-refractivity contribution in [1.29, 1.82) is 0 Å². The molecule has 1 N–H and O–H groups in total. The average Bonchev–Trinajstić information content (AvgIpc) is 2.74. The Balaban J connectivity index is 1.83. The molecule has 1 saturated heterocycles. The van der Waals surface area contributed by atoms with E-state index in [1.807, 2.05) is 18.7 Å². The number of fused-ring (bicyclic) bond motifs is 1. The minimum absolute atomic E-state index is 0.0399. The molecule has 1 aliphatic rings. The highest BCUT2D eigenvalue weighted by molar-refractivity contribution is 6.34. The molecule has 0 saturated carbocycles. The number of carbonyl (C=O) groups excluding carboxylic acids is 1. The van der Waals surface area contributed by atoms with Crippen LogP contribution in [0.15, 0.2) is 43.2 Å². The van der Waals surface area contributed by atoms with E-state index in [0.717, 1.165) is 6.07 Å². The van der Waals surface area contributed by atoms with Crippen LogP contribution in [0.2, 0.25) is 5.02 Å². The van der Waals surface area contributed by atoms with Crippen LogP contribution >= 0.6 is 11.6 Å². The van der Waals surface area contributed by atoms with Crippen molar-refractivity contribution >= 4 is 34.2 Å². The number of aromatic nitrogens is 2. The van der Waals surface area contributed by atoms with Crippen molar-refractivity contribution in [2.45, 2.75) is 25.9 Å². The van der Waals surface area contributed by atoms with Gasteiger partial charge in [0.05, 0.1) is 10.6 Å². The van der Waals surface area contributed by atoms with Gasteiger partial charge < -0.3 is 14.9 Å². The molecule has 1 amide bonds. The second-order valence-electron chi connectivity index (χ2n) is 7.83. The SMILES string of the molecule is C=CC(=O)N1[C@H](C)CN(c2ncnc3c(F)c(-c4c(O)cccc4F)c(Cl)cc23)C[C@@H]1C. The van der Waals surface area contributed by atoms with E-state index in [9.17, 15) is 14.3 Å². The molecule has 4 rings (SSSR count). The number of benzene rings is 2. The first-order valence-corrected chi connectivity index (χ1v) is 10.4. The number of phenols is 1. The number of rotatable bonds is 3. The Labute approximate surface area is 188 Å². The number of aromatic hydroxyl groups is 1. The standard InChI is InChI=1S/C23H21ClF2N4O2/c1-4-18(32)30-12(2)9-29(10-13(30)3)23-14-8-15(24)19(21(26)22(14)27-11-28-23)20-16(25)6-5-7-17(20)31/h4-8,11-13,31H,1,9-10H2,2-3H3/t12-,13+. The number of amides is 1. The van der Waals surface area contributed by atoms with Crippen LogP contribution in [-0.4, -0.2) is 51.1 Å². The summed E-state index contributed by atoms with van der Waals surface area (Å²) < 4.78 is 30.0. The molecule has 6 nitrogen and oxygen atoms in total. The summed E-state index contributed by atoms with van der Waals surface area (Å²) in [6.45, 7) is 8.32. The first-order valence-electron chi connectivity index (χ1n) is 10.0. The molecule has 1 fully saturated rings. The van der Waals surface area contributed by atoms with E-state index in [0.29, 0.717) is 24.3 Å². The molecule has 3 aromatic rings. The summed E-state index contributed by atoms with van der Waals surface area (Å²) in [6.07, 6.45) is 2.52. The molecule has 2 atom stereocenters. The number of hydrogen-bond donors (Lipinski definition) is 1. The minimum atomic E-state index is -0.849. The van der Waals surface area contributed by atoms with E-state index in [4.69, 9.17) is 11.6 Å². The number of anilines is 1. The van der Waals surface area contributed by atoms with Crippen molar-refractivity contribution in [2.75, 3.05) is 18.0 Å². The molecule has 0 radical (unpaired) electrons. The van der Waals surface area contributed by atoms with Gasteiger partial charge >= 0.3 is 0 Å². The lowest BCUT2D eigenvalue weighted by atomic mass is 10.0. The van der Waals surface area contributed by atoms with Gasteiger partial charge in [-0.25, -0.2) is 18.7 Å². The third-order valence-electron chi connectivity index (χ3n) is 5.69. The summed E-state index contributed by atoms with van der Waals surface area (Å²) in [7, 11) is 0. The fourth-order valence-corrected chi connectivity index (χ4v) is 4.68. The van der Waals surface area contributed by atoms with Crippen LogP contribution in [0, 0.1) is 11.6 Å². The van der Waals surface area contributed by atoms with Crippen molar-refractivity contribution < 1.29 is 18.7 Å². The summed E-state index contributed by atoms with van der Waals surface area (Å²) in [5.41, 5.74) is -0.625. The lowest BCUT2D eigenvalue weighted by Gasteiger charge is -2.44. The van der Waals surface area contributed by atoms with Gasteiger partial charge in [-0.3, -0.25) is 4.79 Å². The molecule has 0 spiro atoms. The summed E-state index contributed by atoms with van der Waals surface area (Å²) in [5.74, 6) is -1.77. The van der Waals surface area contributed by atoms with Gasteiger partial charge in [0.1, 0.15) is 29.2 Å². The summed E-state index contributed by atoms with van der Waals surface area (Å²) in [5, 5.41) is 10.4. The zero-order valence-electron chi connectivity index (χ0n) is 17.5. The fourth-order valence-electron chi connectivity index (χ4n) is 4.39. The normalized spacial score (nSPS) is 18.8. The number of piperazine rings is 1. The molecular weight excluding hydrogens is 438 g/mol. The Morgan fingerprint density at radius 1 is 1.22 bits per heavy atom. The molecule has 0 bridgehead atoms. The third-order valence-corrected chi connectivity index (χ3v) is 5.99. The summed E-state index contributed by atoms with van der Waals surface area (Å²) in [4.78, 5) is 24.3. The van der Waals surface area contributed by atoms with Gasteiger partial charge in [0.15, 0.2) is 5.82 Å². The van der Waals surface area contributed by atoms with Crippen molar-refractivity contribution in [3.63, 3.8) is 0 Å². The quantitative estimate of drug-likeness (QED) is 0.583. The van der Waals surface area contributed by atoms with Gasteiger partial charge in [0.2, 0.25) is 5.91 Å². The van der Waals surface area contributed by atoms with Gasteiger partial charge in [-0.05, 0) is 38.1 Å². The van der Waals surface area contributed by atoms with Crippen LogP contribution < -0.4 is 4.90 Å². The Bertz CT molecular complexity index is 1200. The predicted octanol–water partition coefficient (Wildman–Crippen LogP) is 4.55. The van der Waals surface area contributed by atoms with Crippen molar-refractivity contribution in [2.24, 2.45) is 0 Å². The molecule has 2 heterocycles. The highest BCUT2D eigenvalue weighted by Gasteiger charge is 2.33. The summed E-state index contributed by atoms with van der Waals surface area (Å²) >= 11 is 6.38. The van der Waals surface area contributed by atoms with Gasteiger partial charge in [-0.1, -0.05) is 24.2 Å². The van der Waals surface area contributed by atoms with Gasteiger partial charge in [0.25, 0.3) is 0 Å². The maximum Gasteiger partial charge on any atom is 0.246 e. The second-order valence-corrected chi connectivity index (χ2v) is 8.23. The molecule has 1 aromatic heterocycles. The van der Waals surface area contributed by atoms with Crippen LogP contribution in [0.1, 0.15) is 13.8 Å². The van der Waals surface area contributed by atoms with E-state index in [1.165, 1.54) is 30.6 Å². The third kappa shape index (κ3) is 3.54. The Kier molecular flexibility index (Phi) is 5.73. The molecule has 2 aromatic carbocycles. The average molecular weight is 459 g/mol. The topological polar surface area (TPSA) is 69.6 Å². The highest BCUT2D eigenvalue weighted by atomic mass is 35.5. The van der Waals surface area contributed by atoms with E-state index < -0.39 is 17.4 Å². The van der Waals surface area contributed by atoms with Crippen LogP contribution in [0.25, 0.3) is 22.0 Å². The van der Waals surface area contributed by atoms with Crippen LogP contribution in [0.4, 0.5) is 14.6 Å². The molecule has 166 valence electrons. The minimum Gasteiger partial charge on any atom is -0.507 e. The van der Waals surface area contributed by atoms with Crippen molar-refractivity contribution in [3.05, 3.63) is 59.9 Å². The number of hydrogen-bond acceptors (Lipinski definition) is 5. The Morgan fingerprint density at radius 3 is 2.53 bits per heavy atom. The van der Waals surface area contributed by atoms with Crippen LogP contribution in [0.5, 0.6) is 5.75 Å². The highest BCUT2D eigenvalue weighted by Crippen LogP contribution is 2.42. The van der Waals surface area contributed by atoms with Crippen molar-refractivity contribution in [1.82, 2.24) is 14.9 Å². The predicted molar refractivity (Wildman–Crippen MR) is 120 cm³/mol. The smallest absolute Gasteiger partial charge is 0.246 e. The maximum absolute atomic E-state index is 15.6. The van der Waals surface area contributed by atoms with E-state index >= 15 is 4.39 Å². The first kappa shape index (κ1) is 22.0. The second kappa shape index (κ2) is 8.35.